The van der Waals surface area contributed by atoms with Crippen LogP contribution in [0.4, 0.5) is 0 Å². The van der Waals surface area contributed by atoms with Crippen molar-refractivity contribution < 1.29 is 9.53 Å². The third-order valence-electron chi connectivity index (χ3n) is 5.00. The van der Waals surface area contributed by atoms with Gasteiger partial charge in [0, 0.05) is 33.4 Å². The van der Waals surface area contributed by atoms with E-state index >= 15 is 0 Å². The maximum Gasteiger partial charge on any atom is 0.161 e. The topological polar surface area (TPSA) is 44.1 Å². The number of ketones is 1. The molecular weight excluding hydrogens is 404 g/mol. The number of aromatic nitrogens is 2. The molecule has 3 rings (SSSR count). The summed E-state index contributed by atoms with van der Waals surface area (Å²) in [6.45, 7) is 7.35. The minimum atomic E-state index is 0.0289. The fraction of sp³-hybridized carbons (Fsp3) is 0.364. The first kappa shape index (κ1) is 19.6. The summed E-state index contributed by atoms with van der Waals surface area (Å²) in [5.41, 5.74) is 2.60. The van der Waals surface area contributed by atoms with Gasteiger partial charge in [0.1, 0.15) is 11.4 Å². The second kappa shape index (κ2) is 8.70. The number of pyridine rings is 1. The van der Waals surface area contributed by atoms with Crippen LogP contribution in [0.15, 0.2) is 47.2 Å². The first-order chi connectivity index (χ1) is 13.0. The number of hydrogen-bond acceptors (Lipinski definition) is 3. The summed E-state index contributed by atoms with van der Waals surface area (Å²) in [7, 11) is 0. The minimum absolute atomic E-state index is 0.0289. The molecule has 27 heavy (non-hydrogen) atoms. The average Bonchev–Trinajstić information content (AvgIpc) is 3.06. The van der Waals surface area contributed by atoms with Gasteiger partial charge in [-0.05, 0) is 43.2 Å². The van der Waals surface area contributed by atoms with Crippen molar-refractivity contribution in [3.8, 4) is 5.75 Å². The largest absolute Gasteiger partial charge is 0.493 e. The molecule has 0 aliphatic carbocycles. The molecule has 4 nitrogen and oxygen atoms in total. The molecule has 0 bridgehead atoms. The lowest BCUT2D eigenvalue weighted by Crippen LogP contribution is -2.12. The highest BCUT2D eigenvalue weighted by molar-refractivity contribution is 9.10. The summed E-state index contributed by atoms with van der Waals surface area (Å²) in [4.78, 5) is 16.1. The lowest BCUT2D eigenvalue weighted by molar-refractivity contribution is 0.101. The molecule has 142 valence electrons. The molecule has 0 amide bonds. The van der Waals surface area contributed by atoms with E-state index in [-0.39, 0.29) is 5.78 Å². The van der Waals surface area contributed by atoms with Gasteiger partial charge in [-0.15, -0.1) is 0 Å². The third-order valence-corrected chi connectivity index (χ3v) is 5.49. The first-order valence-corrected chi connectivity index (χ1v) is 10.2. The SMILES string of the molecule is CCC(CC)COc1ccc(Br)cc1Cn1ccc2cc(C(C)=O)cnc21. The minimum Gasteiger partial charge on any atom is -0.493 e. The van der Waals surface area contributed by atoms with Gasteiger partial charge in [-0.3, -0.25) is 4.79 Å². The van der Waals surface area contributed by atoms with Gasteiger partial charge in [-0.25, -0.2) is 4.98 Å². The van der Waals surface area contributed by atoms with E-state index < -0.39 is 0 Å². The molecule has 0 radical (unpaired) electrons. The Kier molecular flexibility index (Phi) is 6.32. The number of carbonyl (C=O) groups is 1. The summed E-state index contributed by atoms with van der Waals surface area (Å²) in [6.07, 6.45) is 5.89. The van der Waals surface area contributed by atoms with Crippen LogP contribution < -0.4 is 4.74 Å². The predicted molar refractivity (Wildman–Crippen MR) is 113 cm³/mol. The van der Waals surface area contributed by atoms with Crippen LogP contribution in [0.1, 0.15) is 49.5 Å². The van der Waals surface area contributed by atoms with E-state index in [1.54, 1.807) is 13.1 Å². The van der Waals surface area contributed by atoms with Crippen LogP contribution in [0.2, 0.25) is 0 Å². The predicted octanol–water partition coefficient (Wildman–Crippen LogP) is 5.86. The van der Waals surface area contributed by atoms with Gasteiger partial charge < -0.3 is 9.30 Å². The lowest BCUT2D eigenvalue weighted by Gasteiger charge is -2.17. The zero-order valence-corrected chi connectivity index (χ0v) is 17.6. The summed E-state index contributed by atoms with van der Waals surface area (Å²) in [6, 6.07) is 10.0. The molecule has 1 aromatic carbocycles. The van der Waals surface area contributed by atoms with Crippen LogP contribution in [0.3, 0.4) is 0 Å². The molecule has 2 aromatic heterocycles. The van der Waals surface area contributed by atoms with Crippen LogP contribution in [-0.2, 0) is 6.54 Å². The molecule has 0 saturated carbocycles. The smallest absolute Gasteiger partial charge is 0.161 e. The van der Waals surface area contributed by atoms with E-state index in [1.165, 1.54) is 0 Å². The van der Waals surface area contributed by atoms with E-state index in [9.17, 15) is 4.79 Å². The van der Waals surface area contributed by atoms with Gasteiger partial charge in [0.2, 0.25) is 0 Å². The monoisotopic (exact) mass is 428 g/mol. The van der Waals surface area contributed by atoms with Crippen LogP contribution in [0.5, 0.6) is 5.75 Å². The summed E-state index contributed by atoms with van der Waals surface area (Å²) < 4.78 is 9.26. The number of fused-ring (bicyclic) bond motifs is 1. The van der Waals surface area contributed by atoms with Gasteiger partial charge >= 0.3 is 0 Å². The van der Waals surface area contributed by atoms with Crippen LogP contribution >= 0.6 is 15.9 Å². The van der Waals surface area contributed by atoms with Crippen LogP contribution in [-0.4, -0.2) is 21.9 Å². The Morgan fingerprint density at radius 3 is 2.70 bits per heavy atom. The lowest BCUT2D eigenvalue weighted by atomic mass is 10.1. The fourth-order valence-electron chi connectivity index (χ4n) is 3.13. The Labute approximate surface area is 168 Å². The number of hydrogen-bond donors (Lipinski definition) is 0. The highest BCUT2D eigenvalue weighted by Crippen LogP contribution is 2.27. The maximum absolute atomic E-state index is 11.6. The number of carbonyl (C=O) groups excluding carboxylic acids is 1. The molecular formula is C22H25BrN2O2. The fourth-order valence-corrected chi connectivity index (χ4v) is 3.53. The van der Waals surface area contributed by atoms with Gasteiger partial charge in [-0.1, -0.05) is 42.6 Å². The standard InChI is InChI=1S/C22H25BrN2O2/c1-4-16(5-2)14-27-21-7-6-20(23)11-19(21)13-25-9-8-17-10-18(15(3)26)12-24-22(17)25/h6-12,16H,4-5,13-14H2,1-3H3. The number of ether oxygens (including phenoxy) is 1. The molecule has 0 fully saturated rings. The Morgan fingerprint density at radius 2 is 2.00 bits per heavy atom. The summed E-state index contributed by atoms with van der Waals surface area (Å²) >= 11 is 3.57. The van der Waals surface area contributed by atoms with E-state index in [0.717, 1.165) is 46.3 Å². The Hall–Kier alpha value is -2.14. The van der Waals surface area contributed by atoms with Crippen molar-refractivity contribution in [2.75, 3.05) is 6.61 Å². The normalized spacial score (nSPS) is 11.3. The van der Waals surface area contributed by atoms with Crippen molar-refractivity contribution in [1.29, 1.82) is 0 Å². The van der Waals surface area contributed by atoms with E-state index in [2.05, 4.69) is 45.4 Å². The molecule has 0 aliphatic heterocycles. The summed E-state index contributed by atoms with van der Waals surface area (Å²) in [5.74, 6) is 1.51. The van der Waals surface area contributed by atoms with Crippen molar-refractivity contribution in [2.45, 2.75) is 40.2 Å². The van der Waals surface area contributed by atoms with Gasteiger partial charge in [0.15, 0.2) is 5.78 Å². The highest BCUT2D eigenvalue weighted by atomic mass is 79.9. The highest BCUT2D eigenvalue weighted by Gasteiger charge is 2.12. The van der Waals surface area contributed by atoms with Gasteiger partial charge in [-0.2, -0.15) is 0 Å². The van der Waals surface area contributed by atoms with Crippen molar-refractivity contribution in [2.24, 2.45) is 5.92 Å². The summed E-state index contributed by atoms with van der Waals surface area (Å²) in [5, 5.41) is 0.970. The number of halogens is 1. The molecule has 0 saturated heterocycles. The molecule has 5 heteroatoms. The number of Topliss-reactive ketones (excluding diaryl/α,β-unsaturated/α-hetero) is 1. The second-order valence-electron chi connectivity index (χ2n) is 6.88. The zero-order chi connectivity index (χ0) is 19.4. The molecule has 2 heterocycles. The second-order valence-corrected chi connectivity index (χ2v) is 7.80. The molecule has 0 aliphatic rings. The molecule has 0 unspecified atom stereocenters. The van der Waals surface area contributed by atoms with Crippen LogP contribution in [0.25, 0.3) is 11.0 Å². The number of benzene rings is 1. The Bertz CT molecular complexity index is 945. The number of nitrogens with zero attached hydrogens (tertiary/aromatic N) is 2. The molecule has 0 spiro atoms. The molecule has 0 N–H and O–H groups in total. The zero-order valence-electron chi connectivity index (χ0n) is 16.0. The van der Waals surface area contributed by atoms with Crippen molar-refractivity contribution in [1.82, 2.24) is 9.55 Å². The van der Waals surface area contributed by atoms with Gasteiger partial charge in [0.25, 0.3) is 0 Å². The van der Waals surface area contributed by atoms with Gasteiger partial charge in [0.05, 0.1) is 13.2 Å². The van der Waals surface area contributed by atoms with Crippen molar-refractivity contribution >= 4 is 32.7 Å². The number of rotatable bonds is 8. The van der Waals surface area contributed by atoms with Crippen molar-refractivity contribution in [3.05, 3.63) is 58.3 Å². The van der Waals surface area contributed by atoms with Crippen LogP contribution in [0, 0.1) is 5.92 Å². The third kappa shape index (κ3) is 4.59. The Balaban J connectivity index is 1.87. The Morgan fingerprint density at radius 1 is 1.22 bits per heavy atom. The van der Waals surface area contributed by atoms with E-state index in [4.69, 9.17) is 4.74 Å². The molecule has 0 atom stereocenters. The quantitative estimate of drug-likeness (QED) is 0.421. The first-order valence-electron chi connectivity index (χ1n) is 9.38. The van der Waals surface area contributed by atoms with Crippen molar-refractivity contribution in [3.63, 3.8) is 0 Å². The van der Waals surface area contributed by atoms with E-state index in [1.807, 2.05) is 30.5 Å². The molecule has 3 aromatic rings. The average molecular weight is 429 g/mol. The maximum atomic E-state index is 11.6. The van der Waals surface area contributed by atoms with E-state index in [0.29, 0.717) is 18.0 Å².